The summed E-state index contributed by atoms with van der Waals surface area (Å²) >= 11 is 2.01. The first-order chi connectivity index (χ1) is 11.3. The van der Waals surface area contributed by atoms with Crippen LogP contribution < -0.4 is 10.6 Å². The summed E-state index contributed by atoms with van der Waals surface area (Å²) in [6.07, 6.45) is 8.76. The highest BCUT2D eigenvalue weighted by Crippen LogP contribution is 2.46. The second kappa shape index (κ2) is 9.90. The average molecular weight is 459 g/mol. The smallest absolute Gasteiger partial charge is 0.191 e. The maximum atomic E-state index is 4.42. The van der Waals surface area contributed by atoms with Crippen LogP contribution >= 0.6 is 35.7 Å². The molecule has 0 amide bonds. The van der Waals surface area contributed by atoms with Crippen molar-refractivity contribution >= 4 is 41.7 Å². The van der Waals surface area contributed by atoms with E-state index in [1.54, 1.807) is 0 Å². The molecule has 0 aromatic heterocycles. The molecule has 5 heteroatoms. The molecule has 0 radical (unpaired) electrons. The number of benzene rings is 1. The molecule has 1 aromatic rings. The maximum absolute atomic E-state index is 4.42. The highest BCUT2D eigenvalue weighted by atomic mass is 127. The van der Waals surface area contributed by atoms with Crippen LogP contribution in [0.1, 0.15) is 43.6 Å². The zero-order valence-electron chi connectivity index (χ0n) is 14.7. The summed E-state index contributed by atoms with van der Waals surface area (Å²) in [5, 5.41) is 7.99. The van der Waals surface area contributed by atoms with E-state index in [-0.39, 0.29) is 24.0 Å². The fraction of sp³-hybridized carbons (Fsp3) is 0.632. The van der Waals surface area contributed by atoms with Gasteiger partial charge in [0.15, 0.2) is 5.96 Å². The molecule has 2 aliphatic rings. The fourth-order valence-electron chi connectivity index (χ4n) is 3.69. The van der Waals surface area contributed by atoms with E-state index in [0.29, 0.717) is 6.04 Å². The summed E-state index contributed by atoms with van der Waals surface area (Å²) < 4.78 is 0. The van der Waals surface area contributed by atoms with Crippen molar-refractivity contribution in [3.05, 3.63) is 35.9 Å². The molecule has 3 nitrogen and oxygen atoms in total. The van der Waals surface area contributed by atoms with Gasteiger partial charge in [0, 0.05) is 24.9 Å². The number of rotatable bonds is 5. The lowest BCUT2D eigenvalue weighted by molar-refractivity contribution is 0.419. The van der Waals surface area contributed by atoms with Crippen LogP contribution in [0, 0.1) is 5.92 Å². The van der Waals surface area contributed by atoms with Gasteiger partial charge >= 0.3 is 0 Å². The van der Waals surface area contributed by atoms with Gasteiger partial charge in [0.2, 0.25) is 0 Å². The van der Waals surface area contributed by atoms with Crippen LogP contribution in [-0.4, -0.2) is 37.1 Å². The number of thioether (sulfide) groups is 1. The van der Waals surface area contributed by atoms with Crippen molar-refractivity contribution in [2.75, 3.05) is 19.8 Å². The van der Waals surface area contributed by atoms with Gasteiger partial charge in [-0.15, -0.1) is 24.0 Å². The molecular weight excluding hydrogens is 429 g/mol. The number of nitrogens with one attached hydrogen (secondary N) is 2. The number of halogens is 1. The Morgan fingerprint density at radius 3 is 2.71 bits per heavy atom. The molecule has 2 N–H and O–H groups in total. The highest BCUT2D eigenvalue weighted by molar-refractivity contribution is 14.0. The van der Waals surface area contributed by atoms with Gasteiger partial charge in [0.1, 0.15) is 0 Å². The van der Waals surface area contributed by atoms with E-state index in [4.69, 9.17) is 0 Å². The van der Waals surface area contributed by atoms with Crippen molar-refractivity contribution in [2.45, 2.75) is 49.3 Å². The molecule has 0 bridgehead atoms. The van der Waals surface area contributed by atoms with Gasteiger partial charge < -0.3 is 10.6 Å². The second-order valence-electron chi connectivity index (χ2n) is 6.83. The fourth-order valence-corrected chi connectivity index (χ4v) is 4.51. The van der Waals surface area contributed by atoms with Gasteiger partial charge in [-0.05, 0) is 49.3 Å². The average Bonchev–Trinajstić information content (AvgIpc) is 3.39. The number of aliphatic imine (C=N–C) groups is 1. The van der Waals surface area contributed by atoms with E-state index in [0.717, 1.165) is 29.6 Å². The van der Waals surface area contributed by atoms with Crippen molar-refractivity contribution in [3.63, 3.8) is 0 Å². The number of hydrogen-bond acceptors (Lipinski definition) is 2. The van der Waals surface area contributed by atoms with Crippen molar-refractivity contribution in [1.82, 2.24) is 10.6 Å². The van der Waals surface area contributed by atoms with Crippen molar-refractivity contribution in [2.24, 2.45) is 10.9 Å². The monoisotopic (exact) mass is 459 g/mol. The van der Waals surface area contributed by atoms with E-state index < -0.39 is 0 Å². The standard InChI is InChI=1S/C19H29N3S.HI/c1-20-19(22-16-9-6-10-17(12-16)23-2)21-13-15-11-18(15)14-7-4-3-5-8-14;/h3-5,7-8,15-18H,6,9-13H2,1-2H3,(H2,20,21,22);1H. The third-order valence-electron chi connectivity index (χ3n) is 5.21. The van der Waals surface area contributed by atoms with E-state index in [1.807, 2.05) is 18.8 Å². The molecule has 3 rings (SSSR count). The Kier molecular flexibility index (Phi) is 8.20. The maximum Gasteiger partial charge on any atom is 0.191 e. The molecule has 24 heavy (non-hydrogen) atoms. The molecule has 4 unspecified atom stereocenters. The molecule has 2 fully saturated rings. The molecule has 1 aromatic carbocycles. The number of nitrogens with zero attached hydrogens (tertiary/aromatic N) is 1. The summed E-state index contributed by atoms with van der Waals surface area (Å²) in [6, 6.07) is 11.5. The van der Waals surface area contributed by atoms with Crippen molar-refractivity contribution < 1.29 is 0 Å². The molecule has 134 valence electrons. The molecule has 0 saturated heterocycles. The molecule has 0 spiro atoms. The van der Waals surface area contributed by atoms with Gasteiger partial charge in [0.25, 0.3) is 0 Å². The Labute approximate surface area is 167 Å². The predicted octanol–water partition coefficient (Wildman–Crippen LogP) is 4.25. The Bertz CT molecular complexity index is 523. The molecule has 0 heterocycles. The van der Waals surface area contributed by atoms with Crippen LogP contribution in [0.4, 0.5) is 0 Å². The largest absolute Gasteiger partial charge is 0.356 e. The van der Waals surface area contributed by atoms with Gasteiger partial charge in [-0.3, -0.25) is 4.99 Å². The Balaban J connectivity index is 0.00000208. The summed E-state index contributed by atoms with van der Waals surface area (Å²) in [5.41, 5.74) is 1.48. The zero-order valence-corrected chi connectivity index (χ0v) is 17.8. The third kappa shape index (κ3) is 5.55. The van der Waals surface area contributed by atoms with Crippen molar-refractivity contribution in [3.8, 4) is 0 Å². The van der Waals surface area contributed by atoms with Crippen LogP contribution in [0.3, 0.4) is 0 Å². The van der Waals surface area contributed by atoms with E-state index in [2.05, 4.69) is 52.2 Å². The quantitative estimate of drug-likeness (QED) is 0.393. The molecule has 0 aliphatic heterocycles. The molecule has 2 aliphatic carbocycles. The van der Waals surface area contributed by atoms with Gasteiger partial charge in [-0.1, -0.05) is 36.8 Å². The summed E-state index contributed by atoms with van der Waals surface area (Å²) in [5.74, 6) is 2.47. The minimum absolute atomic E-state index is 0. The third-order valence-corrected chi connectivity index (χ3v) is 6.30. The lowest BCUT2D eigenvalue weighted by Crippen LogP contribution is -2.46. The van der Waals surface area contributed by atoms with E-state index >= 15 is 0 Å². The normalized spacial score (nSPS) is 29.5. The molecular formula is C19H30IN3S. The van der Waals surface area contributed by atoms with Crippen LogP contribution in [0.5, 0.6) is 0 Å². The summed E-state index contributed by atoms with van der Waals surface area (Å²) in [7, 11) is 1.88. The summed E-state index contributed by atoms with van der Waals surface area (Å²) in [6.45, 7) is 1.03. The van der Waals surface area contributed by atoms with Crippen LogP contribution in [0.25, 0.3) is 0 Å². The van der Waals surface area contributed by atoms with Gasteiger partial charge in [-0.2, -0.15) is 11.8 Å². The van der Waals surface area contributed by atoms with Crippen LogP contribution in [-0.2, 0) is 0 Å². The first kappa shape index (κ1) is 19.9. The lowest BCUT2D eigenvalue weighted by atomic mass is 9.95. The SMILES string of the molecule is CN=C(NCC1CC1c1ccccc1)NC1CCCC(SC)C1.I. The van der Waals surface area contributed by atoms with E-state index in [9.17, 15) is 0 Å². The second-order valence-corrected chi connectivity index (χ2v) is 7.97. The van der Waals surface area contributed by atoms with Gasteiger partial charge in [0.05, 0.1) is 0 Å². The molecule has 4 atom stereocenters. The van der Waals surface area contributed by atoms with E-state index in [1.165, 1.54) is 37.7 Å². The van der Waals surface area contributed by atoms with Gasteiger partial charge in [-0.25, -0.2) is 0 Å². The van der Waals surface area contributed by atoms with Crippen LogP contribution in [0.2, 0.25) is 0 Å². The highest BCUT2D eigenvalue weighted by Gasteiger charge is 2.37. The predicted molar refractivity (Wildman–Crippen MR) is 117 cm³/mol. The minimum Gasteiger partial charge on any atom is -0.356 e. The number of hydrogen-bond donors (Lipinski definition) is 2. The Morgan fingerprint density at radius 1 is 1.21 bits per heavy atom. The topological polar surface area (TPSA) is 36.4 Å². The lowest BCUT2D eigenvalue weighted by Gasteiger charge is -2.29. The molecule has 2 saturated carbocycles. The minimum atomic E-state index is 0. The Morgan fingerprint density at radius 2 is 2.00 bits per heavy atom. The Hall–Kier alpha value is -0.430. The zero-order chi connectivity index (χ0) is 16.1. The van der Waals surface area contributed by atoms with Crippen molar-refractivity contribution in [1.29, 1.82) is 0 Å². The first-order valence-electron chi connectivity index (χ1n) is 8.85. The number of guanidine groups is 1. The van der Waals surface area contributed by atoms with Crippen LogP contribution in [0.15, 0.2) is 35.3 Å². The first-order valence-corrected chi connectivity index (χ1v) is 10.1. The summed E-state index contributed by atoms with van der Waals surface area (Å²) in [4.78, 5) is 4.42.